The van der Waals surface area contributed by atoms with Gasteiger partial charge in [0.1, 0.15) is 0 Å². The Balaban J connectivity index is 2.19. The molecule has 1 aliphatic rings. The highest BCUT2D eigenvalue weighted by Crippen LogP contribution is 2.26. The number of hydrogen-bond donors (Lipinski definition) is 3. The van der Waals surface area contributed by atoms with Crippen molar-refractivity contribution < 1.29 is 15.0 Å². The van der Waals surface area contributed by atoms with E-state index in [4.69, 9.17) is 5.11 Å². The normalized spacial score (nSPS) is 27.5. The second-order valence-corrected chi connectivity index (χ2v) is 4.22. The highest BCUT2D eigenvalue weighted by Gasteiger charge is 2.27. The van der Waals surface area contributed by atoms with Crippen LogP contribution in [0.5, 0.6) is 0 Å². The quantitative estimate of drug-likeness (QED) is 0.562. The second kappa shape index (κ2) is 5.47. The minimum Gasteiger partial charge on any atom is -0.395 e. The first kappa shape index (κ1) is 10.8. The van der Waals surface area contributed by atoms with Crippen molar-refractivity contribution in [2.24, 2.45) is 5.92 Å². The highest BCUT2D eigenvalue weighted by molar-refractivity contribution is 7.99. The van der Waals surface area contributed by atoms with Gasteiger partial charge in [0.25, 0.3) is 0 Å². The highest BCUT2D eigenvalue weighted by atomic mass is 32.2. The number of carbonyl (C=O) groups excluding carboxylic acids is 1. The SMILES string of the molecule is O=C(CC1CSCC1O)NCCO. The fourth-order valence-electron chi connectivity index (χ4n) is 1.29. The summed E-state index contributed by atoms with van der Waals surface area (Å²) in [5, 5.41) is 20.4. The molecule has 1 aliphatic heterocycles. The average Bonchev–Trinajstić information content (AvgIpc) is 2.48. The van der Waals surface area contributed by atoms with E-state index in [9.17, 15) is 9.90 Å². The van der Waals surface area contributed by atoms with Crippen molar-refractivity contribution in [3.05, 3.63) is 0 Å². The van der Waals surface area contributed by atoms with Crippen LogP contribution in [0.1, 0.15) is 6.42 Å². The number of aliphatic hydroxyl groups excluding tert-OH is 2. The molecule has 2 unspecified atom stereocenters. The maximum absolute atomic E-state index is 11.2. The number of thioether (sulfide) groups is 1. The zero-order valence-corrected chi connectivity index (χ0v) is 8.22. The van der Waals surface area contributed by atoms with Crippen LogP contribution in [0.25, 0.3) is 0 Å². The largest absolute Gasteiger partial charge is 0.395 e. The van der Waals surface area contributed by atoms with Gasteiger partial charge in [-0.25, -0.2) is 0 Å². The number of carbonyl (C=O) groups is 1. The van der Waals surface area contributed by atoms with E-state index in [1.807, 2.05) is 0 Å². The summed E-state index contributed by atoms with van der Waals surface area (Å²) >= 11 is 1.68. The molecule has 5 heteroatoms. The summed E-state index contributed by atoms with van der Waals surface area (Å²) < 4.78 is 0. The molecule has 2 atom stereocenters. The molecule has 0 radical (unpaired) electrons. The van der Waals surface area contributed by atoms with Gasteiger partial charge in [-0.05, 0) is 5.75 Å². The minimum absolute atomic E-state index is 0.0340. The molecule has 1 heterocycles. The number of nitrogens with one attached hydrogen (secondary N) is 1. The van der Waals surface area contributed by atoms with Crippen LogP contribution in [0.15, 0.2) is 0 Å². The standard InChI is InChI=1S/C8H15NO3S/c10-2-1-9-8(12)3-6-4-13-5-7(6)11/h6-7,10-11H,1-5H2,(H,9,12). The summed E-state index contributed by atoms with van der Waals surface area (Å²) in [5.74, 6) is 1.59. The topological polar surface area (TPSA) is 69.6 Å². The molecule has 1 rings (SSSR count). The molecule has 0 aliphatic carbocycles. The molecule has 76 valence electrons. The van der Waals surface area contributed by atoms with E-state index in [0.717, 1.165) is 11.5 Å². The molecule has 0 aromatic heterocycles. The molecule has 0 aromatic rings. The van der Waals surface area contributed by atoms with Gasteiger partial charge in [0, 0.05) is 24.6 Å². The molecule has 1 amide bonds. The van der Waals surface area contributed by atoms with E-state index in [1.165, 1.54) is 0 Å². The summed E-state index contributed by atoms with van der Waals surface area (Å²) in [6.45, 7) is 0.266. The number of aliphatic hydroxyl groups is 2. The van der Waals surface area contributed by atoms with Gasteiger partial charge in [0.15, 0.2) is 0 Å². The Morgan fingerprint density at radius 1 is 1.54 bits per heavy atom. The third-order valence-corrected chi connectivity index (χ3v) is 3.29. The maximum Gasteiger partial charge on any atom is 0.220 e. The molecular weight excluding hydrogens is 190 g/mol. The van der Waals surface area contributed by atoms with Crippen LogP contribution < -0.4 is 5.32 Å². The Hall–Kier alpha value is -0.260. The Morgan fingerprint density at radius 3 is 2.85 bits per heavy atom. The average molecular weight is 205 g/mol. The lowest BCUT2D eigenvalue weighted by atomic mass is 10.0. The van der Waals surface area contributed by atoms with Crippen molar-refractivity contribution in [2.75, 3.05) is 24.7 Å². The molecule has 0 aromatic carbocycles. The predicted molar refractivity (Wildman–Crippen MR) is 51.5 cm³/mol. The van der Waals surface area contributed by atoms with Crippen molar-refractivity contribution in [3.63, 3.8) is 0 Å². The van der Waals surface area contributed by atoms with Crippen molar-refractivity contribution in [3.8, 4) is 0 Å². The van der Waals surface area contributed by atoms with E-state index >= 15 is 0 Å². The third-order valence-electron chi connectivity index (χ3n) is 2.05. The van der Waals surface area contributed by atoms with E-state index in [-0.39, 0.29) is 24.5 Å². The predicted octanol–water partition coefficient (Wildman–Crippen LogP) is -0.791. The summed E-state index contributed by atoms with van der Waals surface area (Å²) in [6.07, 6.45) is 0.0265. The van der Waals surface area contributed by atoms with Crippen molar-refractivity contribution in [1.29, 1.82) is 0 Å². The van der Waals surface area contributed by atoms with Crippen LogP contribution in [0.3, 0.4) is 0 Å². The monoisotopic (exact) mass is 205 g/mol. The van der Waals surface area contributed by atoms with E-state index in [2.05, 4.69) is 5.32 Å². The Bertz CT molecular complexity index is 177. The summed E-state index contributed by atoms with van der Waals surface area (Å²) in [5.41, 5.74) is 0. The summed E-state index contributed by atoms with van der Waals surface area (Å²) in [6, 6.07) is 0. The third kappa shape index (κ3) is 3.54. The van der Waals surface area contributed by atoms with Crippen LogP contribution >= 0.6 is 11.8 Å². The smallest absolute Gasteiger partial charge is 0.220 e. The van der Waals surface area contributed by atoms with Gasteiger partial charge in [-0.1, -0.05) is 0 Å². The van der Waals surface area contributed by atoms with Crippen LogP contribution in [0.4, 0.5) is 0 Å². The molecular formula is C8H15NO3S. The van der Waals surface area contributed by atoms with Gasteiger partial charge >= 0.3 is 0 Å². The minimum atomic E-state index is -0.343. The maximum atomic E-state index is 11.2. The molecule has 1 fully saturated rings. The molecule has 1 saturated heterocycles. The zero-order valence-electron chi connectivity index (χ0n) is 7.40. The van der Waals surface area contributed by atoms with Crippen molar-refractivity contribution in [2.45, 2.75) is 12.5 Å². The molecule has 3 N–H and O–H groups in total. The van der Waals surface area contributed by atoms with Crippen LogP contribution in [0.2, 0.25) is 0 Å². The van der Waals surface area contributed by atoms with Crippen LogP contribution in [-0.2, 0) is 4.79 Å². The van der Waals surface area contributed by atoms with E-state index in [0.29, 0.717) is 13.0 Å². The Kier molecular flexibility index (Phi) is 4.55. The summed E-state index contributed by atoms with van der Waals surface area (Å²) in [4.78, 5) is 11.2. The van der Waals surface area contributed by atoms with Gasteiger partial charge in [-0.3, -0.25) is 4.79 Å². The number of hydrogen-bond acceptors (Lipinski definition) is 4. The van der Waals surface area contributed by atoms with Gasteiger partial charge in [0.05, 0.1) is 12.7 Å². The molecule has 0 saturated carbocycles. The lowest BCUT2D eigenvalue weighted by molar-refractivity contribution is -0.122. The first-order valence-electron chi connectivity index (χ1n) is 4.37. The fraction of sp³-hybridized carbons (Fsp3) is 0.875. The van der Waals surface area contributed by atoms with Gasteiger partial charge in [-0.15, -0.1) is 0 Å². The molecule has 0 bridgehead atoms. The number of amides is 1. The van der Waals surface area contributed by atoms with Gasteiger partial charge < -0.3 is 15.5 Å². The van der Waals surface area contributed by atoms with Crippen LogP contribution in [-0.4, -0.2) is 46.9 Å². The Labute approximate surface area is 81.7 Å². The zero-order chi connectivity index (χ0) is 9.68. The molecule has 0 spiro atoms. The van der Waals surface area contributed by atoms with E-state index in [1.54, 1.807) is 11.8 Å². The molecule has 13 heavy (non-hydrogen) atoms. The Morgan fingerprint density at radius 2 is 2.31 bits per heavy atom. The van der Waals surface area contributed by atoms with Crippen molar-refractivity contribution in [1.82, 2.24) is 5.32 Å². The first-order valence-corrected chi connectivity index (χ1v) is 5.53. The fourth-order valence-corrected chi connectivity index (χ4v) is 2.58. The van der Waals surface area contributed by atoms with Crippen molar-refractivity contribution >= 4 is 17.7 Å². The number of rotatable bonds is 4. The van der Waals surface area contributed by atoms with Crippen LogP contribution in [0, 0.1) is 5.92 Å². The second-order valence-electron chi connectivity index (χ2n) is 3.14. The first-order chi connectivity index (χ1) is 6.24. The summed E-state index contributed by atoms with van der Waals surface area (Å²) in [7, 11) is 0. The van der Waals surface area contributed by atoms with Gasteiger partial charge in [0.2, 0.25) is 5.91 Å². The lowest BCUT2D eigenvalue weighted by Crippen LogP contribution is -2.31. The lowest BCUT2D eigenvalue weighted by Gasteiger charge is -2.12. The van der Waals surface area contributed by atoms with E-state index < -0.39 is 0 Å². The molecule has 4 nitrogen and oxygen atoms in total. The van der Waals surface area contributed by atoms with Gasteiger partial charge in [-0.2, -0.15) is 11.8 Å².